The van der Waals surface area contributed by atoms with Crippen molar-refractivity contribution in [3.05, 3.63) is 47.4 Å². The summed E-state index contributed by atoms with van der Waals surface area (Å²) in [7, 11) is 1.40. The molecule has 0 unspecified atom stereocenters. The molecule has 0 aromatic carbocycles. The molecule has 0 spiro atoms. The average molecular weight is 427 g/mol. The Kier molecular flexibility index (Phi) is 5.59. The van der Waals surface area contributed by atoms with Crippen LogP contribution in [0.2, 0.25) is 0 Å². The van der Waals surface area contributed by atoms with E-state index in [2.05, 4.69) is 24.7 Å². The Labute approximate surface area is 168 Å². The molecule has 0 fully saturated rings. The van der Waals surface area contributed by atoms with Crippen molar-refractivity contribution >= 4 is 11.8 Å². The molecular weight excluding hydrogens is 410 g/mol. The third-order valence-electron chi connectivity index (χ3n) is 4.53. The second-order valence-corrected chi connectivity index (χ2v) is 6.80. The van der Waals surface area contributed by atoms with Gasteiger partial charge in [0.2, 0.25) is 11.8 Å². The van der Waals surface area contributed by atoms with Gasteiger partial charge in [0.15, 0.2) is 11.9 Å². The standard InChI is InChI=1S/C18H17F4N5O3/c1-17(5-13(18(20,21)22)30-16(23)27-17)10-3-9(6-26-15(10)19)4-12(28)11-7-25-14(29-2)8-24-11/h3,6-8,13H,4-5H2,1-2H3,(H2,23,27)/t13-,17-/m0/s1. The maximum absolute atomic E-state index is 14.4. The lowest BCUT2D eigenvalue weighted by Gasteiger charge is -2.35. The minimum atomic E-state index is -4.72. The summed E-state index contributed by atoms with van der Waals surface area (Å²) in [5.41, 5.74) is 3.80. The SMILES string of the molecule is COc1cnc(C(=O)Cc2cnc(F)c([C@]3(C)C[C@@H](C(F)(F)F)OC(N)=N3)c2)cn1. The van der Waals surface area contributed by atoms with E-state index in [0.717, 1.165) is 6.20 Å². The molecule has 3 rings (SSSR count). The monoisotopic (exact) mass is 427 g/mol. The molecule has 1 aliphatic heterocycles. The number of hydrogen-bond acceptors (Lipinski definition) is 8. The molecule has 2 aromatic heterocycles. The van der Waals surface area contributed by atoms with Crippen molar-refractivity contribution in [2.75, 3.05) is 7.11 Å². The third kappa shape index (κ3) is 4.47. The maximum Gasteiger partial charge on any atom is 0.425 e. The molecule has 0 saturated heterocycles. The zero-order valence-corrected chi connectivity index (χ0v) is 15.9. The largest absolute Gasteiger partial charge is 0.480 e. The minimum Gasteiger partial charge on any atom is -0.480 e. The first kappa shape index (κ1) is 21.4. The molecule has 2 atom stereocenters. The molecule has 0 saturated carbocycles. The number of Topliss-reactive ketones (excluding diaryl/α,β-unsaturated/α-hetero) is 1. The van der Waals surface area contributed by atoms with Crippen LogP contribution in [-0.4, -0.2) is 46.1 Å². The Morgan fingerprint density at radius 2 is 2.03 bits per heavy atom. The molecule has 8 nitrogen and oxygen atoms in total. The molecule has 30 heavy (non-hydrogen) atoms. The summed E-state index contributed by atoms with van der Waals surface area (Å²) >= 11 is 0. The molecule has 0 aliphatic carbocycles. The summed E-state index contributed by atoms with van der Waals surface area (Å²) in [5, 5.41) is 0. The number of methoxy groups -OCH3 is 1. The number of pyridine rings is 1. The Morgan fingerprint density at radius 3 is 2.63 bits per heavy atom. The Morgan fingerprint density at radius 1 is 1.30 bits per heavy atom. The van der Waals surface area contributed by atoms with Crippen LogP contribution >= 0.6 is 0 Å². The number of ether oxygens (including phenoxy) is 2. The van der Waals surface area contributed by atoms with Crippen LogP contribution in [0.25, 0.3) is 0 Å². The van der Waals surface area contributed by atoms with E-state index in [1.807, 2.05) is 0 Å². The predicted molar refractivity (Wildman–Crippen MR) is 95.3 cm³/mol. The highest BCUT2D eigenvalue weighted by molar-refractivity contribution is 5.95. The van der Waals surface area contributed by atoms with E-state index in [0.29, 0.717) is 0 Å². The van der Waals surface area contributed by atoms with Crippen molar-refractivity contribution in [1.82, 2.24) is 15.0 Å². The number of nitrogens with two attached hydrogens (primary N) is 1. The van der Waals surface area contributed by atoms with E-state index < -0.39 is 42.0 Å². The Balaban J connectivity index is 1.89. The van der Waals surface area contributed by atoms with Crippen LogP contribution in [0.4, 0.5) is 17.6 Å². The topological polar surface area (TPSA) is 113 Å². The normalized spacial score (nSPS) is 21.5. The van der Waals surface area contributed by atoms with Crippen molar-refractivity contribution in [3.63, 3.8) is 0 Å². The number of ketones is 1. The molecule has 3 heterocycles. The third-order valence-corrected chi connectivity index (χ3v) is 4.53. The number of aromatic nitrogens is 3. The van der Waals surface area contributed by atoms with Crippen LogP contribution < -0.4 is 10.5 Å². The van der Waals surface area contributed by atoms with Gasteiger partial charge in [0.1, 0.15) is 5.69 Å². The van der Waals surface area contributed by atoms with Gasteiger partial charge in [-0.15, -0.1) is 0 Å². The number of rotatable bonds is 5. The van der Waals surface area contributed by atoms with Crippen LogP contribution in [0, 0.1) is 5.95 Å². The second-order valence-electron chi connectivity index (χ2n) is 6.80. The smallest absolute Gasteiger partial charge is 0.425 e. The van der Waals surface area contributed by atoms with Crippen LogP contribution in [0.1, 0.15) is 35.0 Å². The van der Waals surface area contributed by atoms with Crippen LogP contribution in [0.3, 0.4) is 0 Å². The van der Waals surface area contributed by atoms with Crippen molar-refractivity contribution in [2.45, 2.75) is 37.6 Å². The number of aliphatic imine (C=N–C) groups is 1. The van der Waals surface area contributed by atoms with Gasteiger partial charge in [0, 0.05) is 24.6 Å². The summed E-state index contributed by atoms with van der Waals surface area (Å²) < 4.78 is 63.3. The number of carbonyl (C=O) groups excluding carboxylic acids is 1. The molecule has 2 aromatic rings. The first-order valence-electron chi connectivity index (χ1n) is 8.64. The summed E-state index contributed by atoms with van der Waals surface area (Å²) in [6.45, 7) is 1.29. The summed E-state index contributed by atoms with van der Waals surface area (Å²) in [5.74, 6) is -1.24. The van der Waals surface area contributed by atoms with Crippen LogP contribution in [0.15, 0.2) is 29.6 Å². The second kappa shape index (κ2) is 7.84. The number of amidine groups is 1. The van der Waals surface area contributed by atoms with E-state index >= 15 is 0 Å². The highest BCUT2D eigenvalue weighted by atomic mass is 19.4. The lowest BCUT2D eigenvalue weighted by atomic mass is 9.85. The van der Waals surface area contributed by atoms with E-state index in [9.17, 15) is 22.4 Å². The van der Waals surface area contributed by atoms with E-state index in [-0.39, 0.29) is 29.1 Å². The molecular formula is C18H17F4N5O3. The number of hydrogen-bond donors (Lipinski definition) is 1. The number of carbonyl (C=O) groups is 1. The van der Waals surface area contributed by atoms with Gasteiger partial charge in [0.05, 0.1) is 25.0 Å². The number of halogens is 4. The van der Waals surface area contributed by atoms with Gasteiger partial charge in [-0.3, -0.25) is 4.79 Å². The Bertz CT molecular complexity index is 981. The fraction of sp³-hybridized carbons (Fsp3) is 0.389. The highest BCUT2D eigenvalue weighted by Gasteiger charge is 2.50. The van der Waals surface area contributed by atoms with E-state index in [4.69, 9.17) is 10.5 Å². The van der Waals surface area contributed by atoms with Gasteiger partial charge in [-0.2, -0.15) is 17.6 Å². The van der Waals surface area contributed by atoms with Crippen molar-refractivity contribution in [1.29, 1.82) is 0 Å². The van der Waals surface area contributed by atoms with Crippen molar-refractivity contribution in [3.8, 4) is 5.88 Å². The lowest BCUT2D eigenvalue weighted by molar-refractivity contribution is -0.208. The quantitative estimate of drug-likeness (QED) is 0.443. The van der Waals surface area contributed by atoms with Gasteiger partial charge in [-0.25, -0.2) is 19.9 Å². The zero-order valence-electron chi connectivity index (χ0n) is 15.9. The highest BCUT2D eigenvalue weighted by Crippen LogP contribution is 2.40. The molecule has 0 amide bonds. The lowest BCUT2D eigenvalue weighted by Crippen LogP contribution is -2.46. The van der Waals surface area contributed by atoms with Crippen molar-refractivity contribution in [2.24, 2.45) is 10.7 Å². The van der Waals surface area contributed by atoms with Gasteiger partial charge in [-0.05, 0) is 18.6 Å². The van der Waals surface area contributed by atoms with Crippen LogP contribution in [0.5, 0.6) is 5.88 Å². The van der Waals surface area contributed by atoms with Gasteiger partial charge in [0.25, 0.3) is 6.02 Å². The first-order valence-corrected chi connectivity index (χ1v) is 8.64. The van der Waals surface area contributed by atoms with Gasteiger partial charge < -0.3 is 15.2 Å². The Hall–Kier alpha value is -3.31. The number of nitrogens with zero attached hydrogens (tertiary/aromatic N) is 4. The predicted octanol–water partition coefficient (Wildman–Crippen LogP) is 2.33. The molecule has 2 N–H and O–H groups in total. The maximum atomic E-state index is 14.4. The minimum absolute atomic E-state index is 0.0401. The fourth-order valence-electron chi connectivity index (χ4n) is 3.02. The summed E-state index contributed by atoms with van der Waals surface area (Å²) in [6, 6.07) is 0.535. The molecule has 1 aliphatic rings. The first-order chi connectivity index (χ1) is 14.0. The zero-order chi connectivity index (χ0) is 22.1. The van der Waals surface area contributed by atoms with E-state index in [1.165, 1.54) is 32.5 Å². The number of alkyl halides is 3. The van der Waals surface area contributed by atoms with Crippen LogP contribution in [-0.2, 0) is 16.7 Å². The van der Waals surface area contributed by atoms with Gasteiger partial charge in [-0.1, -0.05) is 0 Å². The van der Waals surface area contributed by atoms with E-state index in [1.54, 1.807) is 0 Å². The molecule has 0 radical (unpaired) electrons. The molecule has 12 heteroatoms. The molecule has 0 bridgehead atoms. The van der Waals surface area contributed by atoms with Gasteiger partial charge >= 0.3 is 6.18 Å². The van der Waals surface area contributed by atoms with Crippen molar-refractivity contribution < 1.29 is 31.8 Å². The summed E-state index contributed by atoms with van der Waals surface area (Å²) in [4.78, 5) is 27.7. The average Bonchev–Trinajstić information content (AvgIpc) is 2.68. The molecule has 160 valence electrons. The summed E-state index contributed by atoms with van der Waals surface area (Å²) in [6.07, 6.45) is -4.29. The fourth-order valence-corrected chi connectivity index (χ4v) is 3.02.